The fraction of sp³-hybridized carbons (Fsp3) is 0.368. The molecule has 0 spiro atoms. The van der Waals surface area contributed by atoms with E-state index in [1.807, 2.05) is 0 Å². The quantitative estimate of drug-likeness (QED) is 0.828. The molecule has 0 bridgehead atoms. The van der Waals surface area contributed by atoms with Crippen LogP contribution >= 0.6 is 0 Å². The van der Waals surface area contributed by atoms with Crippen LogP contribution < -0.4 is 5.32 Å². The van der Waals surface area contributed by atoms with Crippen LogP contribution in [0.25, 0.3) is 0 Å². The smallest absolute Gasteiger partial charge is 0.0581 e. The lowest BCUT2D eigenvalue weighted by atomic mass is 9.91. The molecule has 0 aromatic heterocycles. The van der Waals surface area contributed by atoms with Crippen molar-refractivity contribution >= 4 is 0 Å². The summed E-state index contributed by atoms with van der Waals surface area (Å²) in [6.07, 6.45) is 1.15. The Kier molecular flexibility index (Phi) is 4.97. The fourth-order valence-electron chi connectivity index (χ4n) is 2.72. The molecule has 2 aromatic rings. The summed E-state index contributed by atoms with van der Waals surface area (Å²) in [6, 6.07) is 15.7. The van der Waals surface area contributed by atoms with E-state index in [1.54, 1.807) is 0 Å². The molecule has 0 saturated carbocycles. The van der Waals surface area contributed by atoms with Crippen molar-refractivity contribution in [1.29, 1.82) is 0 Å². The van der Waals surface area contributed by atoms with E-state index in [2.05, 4.69) is 75.5 Å². The minimum absolute atomic E-state index is 0.289. The van der Waals surface area contributed by atoms with Gasteiger partial charge in [0.2, 0.25) is 0 Å². The van der Waals surface area contributed by atoms with Crippen LogP contribution in [0.4, 0.5) is 0 Å². The van der Waals surface area contributed by atoms with Crippen molar-refractivity contribution in [2.75, 3.05) is 6.54 Å². The van der Waals surface area contributed by atoms with Crippen LogP contribution in [0, 0.1) is 20.8 Å². The van der Waals surface area contributed by atoms with Crippen molar-refractivity contribution in [3.63, 3.8) is 0 Å². The maximum Gasteiger partial charge on any atom is 0.0581 e. The molecule has 2 aromatic carbocycles. The van der Waals surface area contributed by atoms with Crippen LogP contribution in [0.5, 0.6) is 0 Å². The minimum Gasteiger partial charge on any atom is -0.306 e. The van der Waals surface area contributed by atoms with Crippen molar-refractivity contribution in [2.24, 2.45) is 0 Å². The predicted octanol–water partition coefficient (Wildman–Crippen LogP) is 4.70. The summed E-state index contributed by atoms with van der Waals surface area (Å²) in [5, 5.41) is 3.70. The van der Waals surface area contributed by atoms with Crippen LogP contribution in [0.3, 0.4) is 0 Å². The van der Waals surface area contributed by atoms with Gasteiger partial charge in [-0.05, 0) is 56.0 Å². The SMILES string of the molecule is CCCNC(c1ccc(C)cc1)c1c(C)cccc1C. The van der Waals surface area contributed by atoms with Gasteiger partial charge in [0.1, 0.15) is 0 Å². The number of benzene rings is 2. The summed E-state index contributed by atoms with van der Waals surface area (Å²) in [5.41, 5.74) is 6.80. The Bertz CT molecular complexity index is 534. The standard InChI is InChI=1S/C19H25N/c1-5-13-20-19(17-11-9-14(2)10-12-17)18-15(3)7-6-8-16(18)4/h6-12,19-20H,5,13H2,1-4H3. The van der Waals surface area contributed by atoms with Gasteiger partial charge in [-0.3, -0.25) is 0 Å². The third kappa shape index (κ3) is 3.29. The Morgan fingerprint density at radius 3 is 2.05 bits per heavy atom. The molecule has 1 nitrogen and oxygen atoms in total. The van der Waals surface area contributed by atoms with Crippen molar-refractivity contribution in [3.8, 4) is 0 Å². The van der Waals surface area contributed by atoms with E-state index in [-0.39, 0.29) is 6.04 Å². The summed E-state index contributed by atoms with van der Waals surface area (Å²) in [7, 11) is 0. The topological polar surface area (TPSA) is 12.0 Å². The third-order valence-corrected chi connectivity index (χ3v) is 3.84. The van der Waals surface area contributed by atoms with Crippen LogP contribution in [0.2, 0.25) is 0 Å². The Labute approximate surface area is 123 Å². The molecule has 0 fully saturated rings. The van der Waals surface area contributed by atoms with Gasteiger partial charge in [0.25, 0.3) is 0 Å². The lowest BCUT2D eigenvalue weighted by molar-refractivity contribution is 0.594. The van der Waals surface area contributed by atoms with Gasteiger partial charge >= 0.3 is 0 Å². The molecule has 1 unspecified atom stereocenters. The van der Waals surface area contributed by atoms with Crippen LogP contribution in [-0.4, -0.2) is 6.54 Å². The van der Waals surface area contributed by atoms with Crippen molar-refractivity contribution < 1.29 is 0 Å². The summed E-state index contributed by atoms with van der Waals surface area (Å²) >= 11 is 0. The normalized spacial score (nSPS) is 12.4. The highest BCUT2D eigenvalue weighted by Crippen LogP contribution is 2.28. The highest BCUT2D eigenvalue weighted by Gasteiger charge is 2.17. The molecular formula is C19H25N. The molecule has 1 N–H and O–H groups in total. The number of nitrogens with one attached hydrogen (secondary N) is 1. The molecule has 0 saturated heterocycles. The first-order valence-electron chi connectivity index (χ1n) is 7.49. The molecule has 0 aliphatic carbocycles. The van der Waals surface area contributed by atoms with Gasteiger partial charge in [-0.1, -0.05) is 55.0 Å². The lowest BCUT2D eigenvalue weighted by Gasteiger charge is -2.23. The highest BCUT2D eigenvalue weighted by atomic mass is 14.9. The maximum atomic E-state index is 3.70. The average molecular weight is 267 g/mol. The molecule has 20 heavy (non-hydrogen) atoms. The Hall–Kier alpha value is -1.60. The van der Waals surface area contributed by atoms with Gasteiger partial charge in [0.05, 0.1) is 6.04 Å². The molecule has 2 rings (SSSR count). The lowest BCUT2D eigenvalue weighted by Crippen LogP contribution is -2.24. The zero-order valence-electron chi connectivity index (χ0n) is 13.0. The average Bonchev–Trinajstić information content (AvgIpc) is 2.43. The molecule has 106 valence electrons. The van der Waals surface area contributed by atoms with Crippen molar-refractivity contribution in [2.45, 2.75) is 40.2 Å². The molecule has 0 aliphatic rings. The van der Waals surface area contributed by atoms with Gasteiger partial charge in [-0.25, -0.2) is 0 Å². The van der Waals surface area contributed by atoms with E-state index in [0.29, 0.717) is 0 Å². The predicted molar refractivity (Wildman–Crippen MR) is 87.2 cm³/mol. The minimum atomic E-state index is 0.289. The molecule has 1 heteroatoms. The molecule has 0 aliphatic heterocycles. The first-order chi connectivity index (χ1) is 9.63. The van der Waals surface area contributed by atoms with E-state index < -0.39 is 0 Å². The Morgan fingerprint density at radius 1 is 0.900 bits per heavy atom. The summed E-state index contributed by atoms with van der Waals surface area (Å²) in [6.45, 7) is 9.79. The van der Waals surface area contributed by atoms with Crippen molar-refractivity contribution in [3.05, 3.63) is 70.3 Å². The highest BCUT2D eigenvalue weighted by molar-refractivity contribution is 5.42. The number of rotatable bonds is 5. The zero-order valence-corrected chi connectivity index (χ0v) is 13.0. The van der Waals surface area contributed by atoms with E-state index >= 15 is 0 Å². The van der Waals surface area contributed by atoms with Gasteiger partial charge in [0.15, 0.2) is 0 Å². The summed E-state index contributed by atoms with van der Waals surface area (Å²) < 4.78 is 0. The van der Waals surface area contributed by atoms with Crippen LogP contribution in [0.15, 0.2) is 42.5 Å². The maximum absolute atomic E-state index is 3.70. The second kappa shape index (κ2) is 6.71. The Morgan fingerprint density at radius 2 is 1.50 bits per heavy atom. The van der Waals surface area contributed by atoms with Gasteiger partial charge in [-0.2, -0.15) is 0 Å². The number of hydrogen-bond acceptors (Lipinski definition) is 1. The fourth-order valence-corrected chi connectivity index (χ4v) is 2.72. The monoisotopic (exact) mass is 267 g/mol. The zero-order chi connectivity index (χ0) is 14.5. The summed E-state index contributed by atoms with van der Waals surface area (Å²) in [4.78, 5) is 0. The molecule has 0 amide bonds. The van der Waals surface area contributed by atoms with E-state index in [9.17, 15) is 0 Å². The first-order valence-corrected chi connectivity index (χ1v) is 7.49. The molecule has 0 heterocycles. The third-order valence-electron chi connectivity index (χ3n) is 3.84. The van der Waals surface area contributed by atoms with E-state index in [1.165, 1.54) is 27.8 Å². The van der Waals surface area contributed by atoms with Gasteiger partial charge in [0, 0.05) is 0 Å². The molecular weight excluding hydrogens is 242 g/mol. The van der Waals surface area contributed by atoms with E-state index in [4.69, 9.17) is 0 Å². The Balaban J connectivity index is 2.44. The first kappa shape index (κ1) is 14.8. The van der Waals surface area contributed by atoms with E-state index in [0.717, 1.165) is 13.0 Å². The van der Waals surface area contributed by atoms with Gasteiger partial charge in [-0.15, -0.1) is 0 Å². The van der Waals surface area contributed by atoms with Crippen molar-refractivity contribution in [1.82, 2.24) is 5.32 Å². The largest absolute Gasteiger partial charge is 0.306 e. The summed E-state index contributed by atoms with van der Waals surface area (Å²) in [5.74, 6) is 0. The van der Waals surface area contributed by atoms with Gasteiger partial charge < -0.3 is 5.32 Å². The van der Waals surface area contributed by atoms with Crippen LogP contribution in [-0.2, 0) is 0 Å². The second-order valence-corrected chi connectivity index (χ2v) is 5.60. The second-order valence-electron chi connectivity index (χ2n) is 5.60. The number of aryl methyl sites for hydroxylation is 3. The molecule has 1 atom stereocenters. The van der Waals surface area contributed by atoms with Crippen LogP contribution in [0.1, 0.15) is 47.2 Å². The molecule has 0 radical (unpaired) electrons. The number of hydrogen-bond donors (Lipinski definition) is 1.